The molecule has 4 rings (SSSR count). The topological polar surface area (TPSA) is 12.0 Å². The Morgan fingerprint density at radius 3 is 2.95 bits per heavy atom. The SMILES string of the molecule is C=C1C=CC(C2=CCC(C)CC2)NC1Cc1ccc2c(c1)C2. The van der Waals surface area contributed by atoms with Gasteiger partial charge in [0, 0.05) is 12.1 Å². The molecule has 22 heavy (non-hydrogen) atoms. The lowest BCUT2D eigenvalue weighted by atomic mass is 9.85. The molecule has 1 N–H and O–H groups in total. The Balaban J connectivity index is 1.47. The molecule has 3 aliphatic rings. The fourth-order valence-electron chi connectivity index (χ4n) is 3.72. The summed E-state index contributed by atoms with van der Waals surface area (Å²) in [6, 6.07) is 7.72. The van der Waals surface area contributed by atoms with Gasteiger partial charge in [0.2, 0.25) is 0 Å². The van der Waals surface area contributed by atoms with Crippen LogP contribution in [0.5, 0.6) is 0 Å². The van der Waals surface area contributed by atoms with Gasteiger partial charge in [0.15, 0.2) is 0 Å². The molecule has 1 nitrogen and oxygen atoms in total. The molecular formula is C21H25N. The van der Waals surface area contributed by atoms with E-state index in [2.05, 4.69) is 55.2 Å². The smallest absolute Gasteiger partial charge is 0.0473 e. The van der Waals surface area contributed by atoms with Crippen LogP contribution >= 0.6 is 0 Å². The average Bonchev–Trinajstić information content (AvgIpc) is 3.29. The second-order valence-electron chi connectivity index (χ2n) is 7.27. The summed E-state index contributed by atoms with van der Waals surface area (Å²) in [6.07, 6.45) is 13.0. The van der Waals surface area contributed by atoms with E-state index in [0.717, 1.165) is 12.3 Å². The first-order valence-electron chi connectivity index (χ1n) is 8.61. The zero-order chi connectivity index (χ0) is 15.1. The molecule has 1 aromatic rings. The summed E-state index contributed by atoms with van der Waals surface area (Å²) in [4.78, 5) is 0. The Labute approximate surface area is 133 Å². The van der Waals surface area contributed by atoms with Crippen molar-refractivity contribution in [1.29, 1.82) is 0 Å². The molecule has 2 aliphatic carbocycles. The van der Waals surface area contributed by atoms with Crippen LogP contribution in [0, 0.1) is 5.92 Å². The molecule has 1 aliphatic heterocycles. The predicted octanol–water partition coefficient (Wildman–Crippen LogP) is 4.33. The fourth-order valence-corrected chi connectivity index (χ4v) is 3.72. The maximum atomic E-state index is 4.25. The lowest BCUT2D eigenvalue weighted by molar-refractivity contribution is 0.470. The summed E-state index contributed by atoms with van der Waals surface area (Å²) < 4.78 is 0. The third-order valence-electron chi connectivity index (χ3n) is 5.41. The summed E-state index contributed by atoms with van der Waals surface area (Å²) in [6.45, 7) is 6.60. The van der Waals surface area contributed by atoms with Crippen molar-refractivity contribution >= 4 is 0 Å². The molecule has 1 heterocycles. The summed E-state index contributed by atoms with van der Waals surface area (Å²) in [5.41, 5.74) is 7.29. The molecule has 3 atom stereocenters. The highest BCUT2D eigenvalue weighted by atomic mass is 15.0. The highest BCUT2D eigenvalue weighted by Gasteiger charge is 2.25. The van der Waals surface area contributed by atoms with Crippen molar-refractivity contribution in [3.63, 3.8) is 0 Å². The minimum absolute atomic E-state index is 0.368. The minimum atomic E-state index is 0.368. The van der Waals surface area contributed by atoms with Gasteiger partial charge in [-0.25, -0.2) is 0 Å². The van der Waals surface area contributed by atoms with Gasteiger partial charge in [0.25, 0.3) is 0 Å². The first kappa shape index (κ1) is 14.0. The van der Waals surface area contributed by atoms with Gasteiger partial charge in [-0.3, -0.25) is 5.32 Å². The van der Waals surface area contributed by atoms with Gasteiger partial charge in [-0.1, -0.05) is 55.5 Å². The molecule has 114 valence electrons. The third-order valence-corrected chi connectivity index (χ3v) is 5.41. The molecule has 0 saturated heterocycles. The van der Waals surface area contributed by atoms with Gasteiger partial charge in [-0.2, -0.15) is 0 Å². The number of hydrogen-bond donors (Lipinski definition) is 1. The van der Waals surface area contributed by atoms with Crippen LogP contribution < -0.4 is 5.32 Å². The van der Waals surface area contributed by atoms with Crippen molar-refractivity contribution in [2.45, 2.75) is 51.1 Å². The van der Waals surface area contributed by atoms with E-state index in [1.807, 2.05) is 0 Å². The fraction of sp³-hybridized carbons (Fsp3) is 0.429. The predicted molar refractivity (Wildman–Crippen MR) is 93.0 cm³/mol. The van der Waals surface area contributed by atoms with Crippen molar-refractivity contribution in [3.8, 4) is 0 Å². The zero-order valence-electron chi connectivity index (χ0n) is 13.4. The first-order valence-corrected chi connectivity index (χ1v) is 8.61. The molecule has 0 saturated carbocycles. The molecule has 0 amide bonds. The van der Waals surface area contributed by atoms with Crippen LogP contribution in [0.3, 0.4) is 0 Å². The number of benzene rings is 1. The number of fused-ring (bicyclic) bond motifs is 1. The summed E-state index contributed by atoms with van der Waals surface area (Å²) >= 11 is 0. The van der Waals surface area contributed by atoms with Gasteiger partial charge < -0.3 is 0 Å². The Hall–Kier alpha value is -1.60. The summed E-state index contributed by atoms with van der Waals surface area (Å²) in [7, 11) is 0. The molecule has 1 aromatic carbocycles. The molecule has 0 aromatic heterocycles. The molecule has 0 radical (unpaired) electrons. The maximum absolute atomic E-state index is 4.25. The van der Waals surface area contributed by atoms with E-state index in [-0.39, 0.29) is 0 Å². The van der Waals surface area contributed by atoms with Gasteiger partial charge in [0.05, 0.1) is 0 Å². The Kier molecular flexibility index (Phi) is 3.54. The molecule has 3 unspecified atom stereocenters. The zero-order valence-corrected chi connectivity index (χ0v) is 13.4. The number of nitrogens with one attached hydrogen (secondary N) is 1. The largest absolute Gasteiger partial charge is 0.300 e. The number of hydrogen-bond acceptors (Lipinski definition) is 1. The Bertz CT molecular complexity index is 664. The first-order chi connectivity index (χ1) is 10.7. The molecule has 0 bridgehead atoms. The van der Waals surface area contributed by atoms with Crippen LogP contribution in [-0.4, -0.2) is 12.1 Å². The van der Waals surface area contributed by atoms with Crippen LogP contribution in [0.4, 0.5) is 0 Å². The van der Waals surface area contributed by atoms with E-state index in [1.165, 1.54) is 47.9 Å². The van der Waals surface area contributed by atoms with Crippen LogP contribution in [0.25, 0.3) is 0 Å². The van der Waals surface area contributed by atoms with Gasteiger partial charge in [-0.15, -0.1) is 0 Å². The Morgan fingerprint density at radius 1 is 1.27 bits per heavy atom. The normalized spacial score (nSPS) is 30.0. The van der Waals surface area contributed by atoms with Crippen molar-refractivity contribution < 1.29 is 0 Å². The van der Waals surface area contributed by atoms with Crippen molar-refractivity contribution in [2.24, 2.45) is 5.92 Å². The monoisotopic (exact) mass is 291 g/mol. The second-order valence-corrected chi connectivity index (χ2v) is 7.27. The number of rotatable bonds is 3. The maximum Gasteiger partial charge on any atom is 0.0473 e. The quantitative estimate of drug-likeness (QED) is 0.830. The van der Waals surface area contributed by atoms with E-state index in [9.17, 15) is 0 Å². The summed E-state index contributed by atoms with van der Waals surface area (Å²) in [5.74, 6) is 0.848. The van der Waals surface area contributed by atoms with Crippen LogP contribution in [0.1, 0.15) is 42.9 Å². The number of allylic oxidation sites excluding steroid dienone is 1. The summed E-state index contributed by atoms with van der Waals surface area (Å²) in [5, 5.41) is 3.82. The van der Waals surface area contributed by atoms with Crippen LogP contribution in [0.15, 0.2) is 54.2 Å². The average molecular weight is 291 g/mol. The van der Waals surface area contributed by atoms with Crippen LogP contribution in [0.2, 0.25) is 0 Å². The van der Waals surface area contributed by atoms with Gasteiger partial charge >= 0.3 is 0 Å². The molecule has 0 fully saturated rings. The minimum Gasteiger partial charge on any atom is -0.300 e. The second kappa shape index (κ2) is 5.55. The van der Waals surface area contributed by atoms with E-state index >= 15 is 0 Å². The van der Waals surface area contributed by atoms with Gasteiger partial charge in [-0.05, 0) is 60.3 Å². The third kappa shape index (κ3) is 2.83. The van der Waals surface area contributed by atoms with Crippen molar-refractivity contribution in [1.82, 2.24) is 5.32 Å². The Morgan fingerprint density at radius 2 is 2.18 bits per heavy atom. The highest BCUT2D eigenvalue weighted by molar-refractivity contribution is 5.47. The molecule has 1 heteroatoms. The molecule has 0 spiro atoms. The van der Waals surface area contributed by atoms with E-state index < -0.39 is 0 Å². The molecular weight excluding hydrogens is 266 g/mol. The standard InChI is InChI=1S/C21H25N/c1-14-3-7-17(8-4-14)20-10-5-15(2)21(22-20)12-16-6-9-18-13-19(18)11-16/h5-7,9-11,14,20-22H,2-4,8,12-13H2,1H3. The highest BCUT2D eigenvalue weighted by Crippen LogP contribution is 2.30. The van der Waals surface area contributed by atoms with Crippen molar-refractivity contribution in [2.75, 3.05) is 0 Å². The van der Waals surface area contributed by atoms with Gasteiger partial charge in [0.1, 0.15) is 0 Å². The van der Waals surface area contributed by atoms with E-state index in [1.54, 1.807) is 5.57 Å². The lowest BCUT2D eigenvalue weighted by Crippen LogP contribution is -2.43. The van der Waals surface area contributed by atoms with Crippen molar-refractivity contribution in [3.05, 3.63) is 70.8 Å². The lowest BCUT2D eigenvalue weighted by Gasteiger charge is -2.32. The van der Waals surface area contributed by atoms with Crippen LogP contribution in [-0.2, 0) is 12.8 Å². The van der Waals surface area contributed by atoms with E-state index in [4.69, 9.17) is 0 Å². The van der Waals surface area contributed by atoms with E-state index in [0.29, 0.717) is 12.1 Å².